The molecule has 2 heterocycles. The average molecular weight is 1210 g/mol. The predicted octanol–water partition coefficient (Wildman–Crippen LogP) is 15.0. The zero-order valence-corrected chi connectivity index (χ0v) is 54.9. The molecule has 0 spiro atoms. The number of hydrogen-bond acceptors (Lipinski definition) is 13. The molecule has 0 radical (unpaired) electrons. The molecule has 0 aromatic carbocycles. The molecule has 1 amide bonds. The van der Waals surface area contributed by atoms with E-state index in [9.17, 15) is 45.6 Å². The summed E-state index contributed by atoms with van der Waals surface area (Å²) in [4.78, 5) is 13.3. The first-order valence-corrected chi connectivity index (χ1v) is 36.4. The van der Waals surface area contributed by atoms with Crippen LogP contribution in [0.15, 0.2) is 12.2 Å². The van der Waals surface area contributed by atoms with Crippen molar-refractivity contribution in [3.8, 4) is 0 Å². The number of hydrogen-bond donors (Lipinski definition) is 9. The molecule has 0 aromatic rings. The summed E-state index contributed by atoms with van der Waals surface area (Å²) in [5, 5.41) is 87.4. The summed E-state index contributed by atoms with van der Waals surface area (Å²) in [6.45, 7) is 2.85. The highest BCUT2D eigenvalue weighted by atomic mass is 16.7. The molecule has 14 heteroatoms. The van der Waals surface area contributed by atoms with E-state index < -0.39 is 86.8 Å². The topological polar surface area (TPSA) is 228 Å². The fraction of sp³-hybridized carbons (Fsp3) is 0.958. The molecule has 2 aliphatic rings. The Morgan fingerprint density at radius 1 is 0.412 bits per heavy atom. The molecule has 0 aromatic heterocycles. The number of amides is 1. The summed E-state index contributed by atoms with van der Waals surface area (Å²) in [5.74, 6) is -0.231. The minimum atomic E-state index is -1.79. The second-order valence-electron chi connectivity index (χ2n) is 26.1. The summed E-state index contributed by atoms with van der Waals surface area (Å²) in [7, 11) is 0. The zero-order valence-electron chi connectivity index (χ0n) is 54.9. The summed E-state index contributed by atoms with van der Waals surface area (Å²) in [6.07, 6.45) is 52.9. The van der Waals surface area contributed by atoms with Crippen LogP contribution >= 0.6 is 0 Å². The summed E-state index contributed by atoms with van der Waals surface area (Å²) >= 11 is 0. The fourth-order valence-corrected chi connectivity index (χ4v) is 12.4. The highest BCUT2D eigenvalue weighted by molar-refractivity contribution is 5.76. The summed E-state index contributed by atoms with van der Waals surface area (Å²) < 4.78 is 22.9. The molecule has 0 saturated carbocycles. The van der Waals surface area contributed by atoms with Crippen LogP contribution in [0.2, 0.25) is 0 Å². The molecule has 14 nitrogen and oxygen atoms in total. The van der Waals surface area contributed by atoms with Gasteiger partial charge in [0.2, 0.25) is 5.91 Å². The van der Waals surface area contributed by atoms with Gasteiger partial charge in [0.25, 0.3) is 0 Å². The van der Waals surface area contributed by atoms with Crippen molar-refractivity contribution in [3.05, 3.63) is 12.2 Å². The van der Waals surface area contributed by atoms with Crippen molar-refractivity contribution in [2.75, 3.05) is 19.8 Å². The molecular weight excluding hydrogens is 1070 g/mol. The van der Waals surface area contributed by atoms with E-state index in [2.05, 4.69) is 19.2 Å². The number of aliphatic hydroxyl groups excluding tert-OH is 8. The summed E-state index contributed by atoms with van der Waals surface area (Å²) in [5.41, 5.74) is 0. The molecule has 0 aliphatic carbocycles. The van der Waals surface area contributed by atoms with E-state index in [0.29, 0.717) is 0 Å². The average Bonchev–Trinajstić information content (AvgIpc) is 3.69. The lowest BCUT2D eigenvalue weighted by Crippen LogP contribution is -2.65. The van der Waals surface area contributed by atoms with Crippen LogP contribution in [-0.4, -0.2) is 140 Å². The number of unbranched alkanes of at least 4 members (excludes halogenated alkanes) is 48. The Labute approximate surface area is 520 Å². The highest BCUT2D eigenvalue weighted by Crippen LogP contribution is 2.30. The Morgan fingerprint density at radius 3 is 1.08 bits per heavy atom. The van der Waals surface area contributed by atoms with Crippen LogP contribution in [0.25, 0.3) is 0 Å². The second kappa shape index (κ2) is 56.7. The number of ether oxygens (including phenoxy) is 4. The molecule has 504 valence electrons. The lowest BCUT2D eigenvalue weighted by Gasteiger charge is -2.46. The van der Waals surface area contributed by atoms with Gasteiger partial charge in [-0.3, -0.25) is 4.79 Å². The van der Waals surface area contributed by atoms with Gasteiger partial charge in [-0.1, -0.05) is 328 Å². The number of allylic oxidation sites excluding steroid dienone is 1. The maximum atomic E-state index is 13.3. The van der Waals surface area contributed by atoms with E-state index >= 15 is 0 Å². The highest BCUT2D eigenvalue weighted by Gasteiger charge is 2.51. The van der Waals surface area contributed by atoms with Crippen molar-refractivity contribution in [1.82, 2.24) is 5.32 Å². The largest absolute Gasteiger partial charge is 0.394 e. The number of carbonyl (C=O) groups excluding carboxylic acids is 1. The van der Waals surface area contributed by atoms with Crippen LogP contribution in [0, 0.1) is 0 Å². The monoisotopic (exact) mass is 1210 g/mol. The van der Waals surface area contributed by atoms with Crippen LogP contribution in [0.5, 0.6) is 0 Å². The standard InChI is InChI=1S/C71H137NO13/c1-3-5-7-9-11-13-15-17-19-21-22-23-24-25-26-27-28-29-30-31-32-33-34-35-36-37-39-41-43-45-47-49-51-53-55-63(76)72-59(60(75)54-52-50-48-46-44-42-40-38-20-18-16-14-12-10-8-6-4-2)58-82-70-68(81)66(79)69(62(57-74)84-70)85-71-67(80)65(78)64(77)61(56-73)83-71/h52,54,59-62,64-71,73-75,77-81H,3-51,53,55-58H2,1-2H3,(H,72,76)/b54-52+/t59-,60+,61+,62+,64-,65?,66?,67?,68?,69+,70+,71-/m0/s1. The van der Waals surface area contributed by atoms with Gasteiger partial charge in [0.15, 0.2) is 12.6 Å². The lowest BCUT2D eigenvalue weighted by atomic mass is 9.97. The Bertz CT molecular complexity index is 1470. The number of nitrogens with one attached hydrogen (secondary N) is 1. The van der Waals surface area contributed by atoms with E-state index in [4.69, 9.17) is 18.9 Å². The maximum Gasteiger partial charge on any atom is 0.220 e. The van der Waals surface area contributed by atoms with Crippen LogP contribution in [0.4, 0.5) is 0 Å². The quantitative estimate of drug-likeness (QED) is 0.0204. The SMILES string of the molecule is CCCCCCCCCCCCCCCCC/C=C/[C@@H](O)[C@H](CO[C@@H]1O[C@H](CO)[C@@H](O[C@@H]2O[C@H](CO)[C@H](O)C(O)C2O)C(O)C1O)NC(=O)CCCCCCCCCCCCCCCCCCCCCCCCCCCCCCCCCCCC. The Morgan fingerprint density at radius 2 is 0.729 bits per heavy atom. The third-order valence-corrected chi connectivity index (χ3v) is 18.2. The van der Waals surface area contributed by atoms with Gasteiger partial charge in [0.05, 0.1) is 32.0 Å². The molecule has 2 saturated heterocycles. The first-order chi connectivity index (χ1) is 41.6. The smallest absolute Gasteiger partial charge is 0.220 e. The molecule has 9 N–H and O–H groups in total. The first-order valence-electron chi connectivity index (χ1n) is 36.4. The van der Waals surface area contributed by atoms with Crippen molar-refractivity contribution < 1.29 is 64.6 Å². The minimum absolute atomic E-state index is 0.231. The van der Waals surface area contributed by atoms with Gasteiger partial charge < -0.3 is 65.1 Å². The third-order valence-electron chi connectivity index (χ3n) is 18.2. The van der Waals surface area contributed by atoms with Crippen molar-refractivity contribution in [2.24, 2.45) is 0 Å². The van der Waals surface area contributed by atoms with E-state index in [1.54, 1.807) is 6.08 Å². The zero-order chi connectivity index (χ0) is 61.6. The molecule has 85 heavy (non-hydrogen) atoms. The van der Waals surface area contributed by atoms with Crippen molar-refractivity contribution >= 4 is 5.91 Å². The van der Waals surface area contributed by atoms with Crippen molar-refractivity contribution in [2.45, 2.75) is 415 Å². The minimum Gasteiger partial charge on any atom is -0.394 e. The second-order valence-corrected chi connectivity index (χ2v) is 26.1. The predicted molar refractivity (Wildman–Crippen MR) is 346 cm³/mol. The molecule has 2 aliphatic heterocycles. The summed E-state index contributed by atoms with van der Waals surface area (Å²) in [6, 6.07) is -0.911. The molecule has 0 bridgehead atoms. The maximum absolute atomic E-state index is 13.3. The normalized spacial score (nSPS) is 23.5. The van der Waals surface area contributed by atoms with E-state index in [1.807, 2.05) is 6.08 Å². The fourth-order valence-electron chi connectivity index (χ4n) is 12.4. The number of aliphatic hydroxyl groups is 8. The van der Waals surface area contributed by atoms with E-state index in [1.165, 1.54) is 276 Å². The molecule has 2 fully saturated rings. The third kappa shape index (κ3) is 41.0. The number of rotatable bonds is 61. The lowest BCUT2D eigenvalue weighted by molar-refractivity contribution is -0.359. The number of carbonyl (C=O) groups is 1. The molecule has 2 rings (SSSR count). The van der Waals surface area contributed by atoms with Crippen LogP contribution in [0.1, 0.15) is 341 Å². The Hall–Kier alpha value is -1.27. The van der Waals surface area contributed by atoms with Crippen LogP contribution in [0.3, 0.4) is 0 Å². The van der Waals surface area contributed by atoms with Gasteiger partial charge in [0, 0.05) is 6.42 Å². The van der Waals surface area contributed by atoms with Gasteiger partial charge in [-0.05, 0) is 19.3 Å². The van der Waals surface area contributed by atoms with Gasteiger partial charge in [-0.15, -0.1) is 0 Å². The van der Waals surface area contributed by atoms with Gasteiger partial charge in [-0.2, -0.15) is 0 Å². The molecule has 4 unspecified atom stereocenters. The van der Waals surface area contributed by atoms with Gasteiger partial charge in [-0.25, -0.2) is 0 Å². The molecule has 12 atom stereocenters. The van der Waals surface area contributed by atoms with Crippen molar-refractivity contribution in [1.29, 1.82) is 0 Å². The van der Waals surface area contributed by atoms with Crippen molar-refractivity contribution in [3.63, 3.8) is 0 Å². The van der Waals surface area contributed by atoms with Gasteiger partial charge in [0.1, 0.15) is 48.8 Å². The van der Waals surface area contributed by atoms with E-state index in [-0.39, 0.29) is 18.9 Å². The Balaban J connectivity index is 1.60. The molecular formula is C71H137NO13. The Kier molecular flexibility index (Phi) is 53.2. The van der Waals surface area contributed by atoms with Crippen LogP contribution < -0.4 is 5.32 Å². The van der Waals surface area contributed by atoms with Gasteiger partial charge >= 0.3 is 0 Å². The van der Waals surface area contributed by atoms with Crippen LogP contribution in [-0.2, 0) is 23.7 Å². The van der Waals surface area contributed by atoms with E-state index in [0.717, 1.165) is 44.9 Å². The first kappa shape index (κ1) is 79.8.